The molecule has 0 saturated carbocycles. The van der Waals surface area contributed by atoms with Crippen molar-refractivity contribution in [1.82, 2.24) is 5.32 Å². The Morgan fingerprint density at radius 3 is 2.47 bits per heavy atom. The van der Waals surface area contributed by atoms with Crippen LogP contribution in [0.4, 0.5) is 11.4 Å². The van der Waals surface area contributed by atoms with Gasteiger partial charge in [-0.2, -0.15) is 0 Å². The van der Waals surface area contributed by atoms with Crippen molar-refractivity contribution in [2.75, 3.05) is 4.90 Å². The van der Waals surface area contributed by atoms with Crippen molar-refractivity contribution in [2.24, 2.45) is 0 Å². The summed E-state index contributed by atoms with van der Waals surface area (Å²) < 4.78 is 5.70. The van der Waals surface area contributed by atoms with Gasteiger partial charge in [0.2, 0.25) is 0 Å². The molecule has 0 unspecified atom stereocenters. The van der Waals surface area contributed by atoms with Crippen LogP contribution in [0.15, 0.2) is 64.6 Å². The molecule has 4 rings (SSSR count). The lowest BCUT2D eigenvalue weighted by atomic mass is 10.1. The Hall–Kier alpha value is -3.53. The average Bonchev–Trinajstić information content (AvgIpc) is 3.23. The van der Waals surface area contributed by atoms with E-state index in [-0.39, 0.29) is 37.9 Å². The number of anilines is 1. The molecule has 160 valence electrons. The lowest BCUT2D eigenvalue weighted by Gasteiger charge is -2.29. The van der Waals surface area contributed by atoms with Gasteiger partial charge in [0.15, 0.2) is 5.11 Å². The standard InChI is InChI=1S/C21H11Cl2N3O5S/c22-15-2-1-3-16(18(15)23)25-20(28)14(19(27)24-21(25)32)10-13-8-9-17(31-13)11-4-6-12(7-5-11)26(29)30/h1-10H,(H,24,27,32). The van der Waals surface area contributed by atoms with Crippen molar-refractivity contribution < 1.29 is 18.9 Å². The summed E-state index contributed by atoms with van der Waals surface area (Å²) in [7, 11) is 0. The minimum absolute atomic E-state index is 0.0529. The van der Waals surface area contributed by atoms with Crippen molar-refractivity contribution in [3.63, 3.8) is 0 Å². The number of hydrogen-bond donors (Lipinski definition) is 1. The third-order valence-electron chi connectivity index (χ3n) is 4.55. The molecule has 0 spiro atoms. The van der Waals surface area contributed by atoms with Gasteiger partial charge in [-0.3, -0.25) is 29.9 Å². The highest BCUT2D eigenvalue weighted by molar-refractivity contribution is 7.80. The van der Waals surface area contributed by atoms with Gasteiger partial charge in [0.1, 0.15) is 17.1 Å². The zero-order valence-electron chi connectivity index (χ0n) is 15.9. The van der Waals surface area contributed by atoms with E-state index in [2.05, 4.69) is 5.32 Å². The number of carbonyl (C=O) groups excluding carboxylic acids is 2. The largest absolute Gasteiger partial charge is 0.457 e. The van der Waals surface area contributed by atoms with Gasteiger partial charge < -0.3 is 4.42 Å². The summed E-state index contributed by atoms with van der Waals surface area (Å²) in [4.78, 5) is 36.9. The Labute approximate surface area is 196 Å². The number of benzene rings is 2. The third kappa shape index (κ3) is 4.01. The van der Waals surface area contributed by atoms with Crippen molar-refractivity contribution in [2.45, 2.75) is 0 Å². The summed E-state index contributed by atoms with van der Waals surface area (Å²) in [6, 6.07) is 13.7. The Bertz CT molecular complexity index is 1320. The first-order valence-corrected chi connectivity index (χ1v) is 10.1. The summed E-state index contributed by atoms with van der Waals surface area (Å²) in [5, 5.41) is 13.5. The maximum atomic E-state index is 13.1. The summed E-state index contributed by atoms with van der Waals surface area (Å²) in [5.41, 5.74) is 0.543. The van der Waals surface area contributed by atoms with Gasteiger partial charge in [-0.05, 0) is 54.7 Å². The van der Waals surface area contributed by atoms with Crippen LogP contribution in [0.5, 0.6) is 0 Å². The number of nitro groups is 1. The molecule has 8 nitrogen and oxygen atoms in total. The van der Waals surface area contributed by atoms with Gasteiger partial charge in [-0.25, -0.2) is 0 Å². The van der Waals surface area contributed by atoms with Crippen molar-refractivity contribution in [1.29, 1.82) is 0 Å². The van der Waals surface area contributed by atoms with Crippen LogP contribution in [-0.2, 0) is 9.59 Å². The highest BCUT2D eigenvalue weighted by Gasteiger charge is 2.36. The number of carbonyl (C=O) groups is 2. The van der Waals surface area contributed by atoms with Crippen LogP contribution >= 0.6 is 35.4 Å². The molecule has 2 heterocycles. The highest BCUT2D eigenvalue weighted by atomic mass is 35.5. The Kier molecular flexibility index (Phi) is 5.79. The zero-order chi connectivity index (χ0) is 23.0. The number of nitro benzene ring substituents is 1. The van der Waals surface area contributed by atoms with E-state index in [9.17, 15) is 19.7 Å². The number of furan rings is 1. The van der Waals surface area contributed by atoms with E-state index in [1.54, 1.807) is 30.3 Å². The number of rotatable bonds is 4. The number of hydrogen-bond acceptors (Lipinski definition) is 6. The Morgan fingerprint density at radius 1 is 1.06 bits per heavy atom. The van der Waals surface area contributed by atoms with Crippen LogP contribution in [0.2, 0.25) is 10.0 Å². The van der Waals surface area contributed by atoms with E-state index >= 15 is 0 Å². The first-order chi connectivity index (χ1) is 15.3. The molecule has 32 heavy (non-hydrogen) atoms. The summed E-state index contributed by atoms with van der Waals surface area (Å²) in [6.45, 7) is 0. The smallest absolute Gasteiger partial charge is 0.270 e. The van der Waals surface area contributed by atoms with E-state index < -0.39 is 16.7 Å². The van der Waals surface area contributed by atoms with Gasteiger partial charge in [-0.1, -0.05) is 29.3 Å². The summed E-state index contributed by atoms with van der Waals surface area (Å²) in [6.07, 6.45) is 1.28. The van der Waals surface area contributed by atoms with Crippen molar-refractivity contribution in [3.05, 3.63) is 86.1 Å². The molecule has 1 aromatic heterocycles. The molecule has 3 aromatic rings. The van der Waals surface area contributed by atoms with Gasteiger partial charge in [0.05, 0.1) is 20.7 Å². The van der Waals surface area contributed by atoms with Gasteiger partial charge >= 0.3 is 0 Å². The number of thiocarbonyl (C=S) groups is 1. The van der Waals surface area contributed by atoms with Crippen LogP contribution in [0.3, 0.4) is 0 Å². The fraction of sp³-hybridized carbons (Fsp3) is 0. The molecule has 1 aliphatic heterocycles. The Balaban J connectivity index is 1.67. The molecule has 2 amide bonds. The average molecular weight is 488 g/mol. The van der Waals surface area contributed by atoms with Crippen molar-refractivity contribution >= 4 is 69.8 Å². The van der Waals surface area contributed by atoms with E-state index in [4.69, 9.17) is 39.8 Å². The van der Waals surface area contributed by atoms with Crippen molar-refractivity contribution in [3.8, 4) is 11.3 Å². The second kappa shape index (κ2) is 8.54. The number of non-ortho nitro benzene ring substituents is 1. The molecule has 1 fully saturated rings. The van der Waals surface area contributed by atoms with Crippen LogP contribution in [0.25, 0.3) is 17.4 Å². The fourth-order valence-electron chi connectivity index (χ4n) is 3.02. The minimum Gasteiger partial charge on any atom is -0.457 e. The molecule has 1 N–H and O–H groups in total. The SMILES string of the molecule is O=C1NC(=S)N(c2cccc(Cl)c2Cl)C(=O)C1=Cc1ccc(-c2ccc([N+](=O)[O-])cc2)o1. The molecule has 0 radical (unpaired) electrons. The van der Waals surface area contributed by atoms with Crippen LogP contribution < -0.4 is 10.2 Å². The molecule has 1 saturated heterocycles. The first-order valence-electron chi connectivity index (χ1n) is 8.96. The van der Waals surface area contributed by atoms with Gasteiger partial charge in [0, 0.05) is 17.7 Å². The molecule has 0 atom stereocenters. The van der Waals surface area contributed by atoms with Gasteiger partial charge in [0.25, 0.3) is 17.5 Å². The first kappa shape index (κ1) is 21.7. The topological polar surface area (TPSA) is 106 Å². The van der Waals surface area contributed by atoms with Crippen LogP contribution in [0, 0.1) is 10.1 Å². The van der Waals surface area contributed by atoms with E-state index in [0.29, 0.717) is 11.3 Å². The zero-order valence-corrected chi connectivity index (χ0v) is 18.2. The maximum Gasteiger partial charge on any atom is 0.270 e. The predicted molar refractivity (Wildman–Crippen MR) is 123 cm³/mol. The van der Waals surface area contributed by atoms with E-state index in [1.807, 2.05) is 0 Å². The fourth-order valence-corrected chi connectivity index (χ4v) is 3.67. The number of nitrogens with one attached hydrogen (secondary N) is 1. The highest BCUT2D eigenvalue weighted by Crippen LogP contribution is 2.34. The molecule has 0 aliphatic carbocycles. The lowest BCUT2D eigenvalue weighted by molar-refractivity contribution is -0.384. The molecular formula is C21H11Cl2N3O5S. The summed E-state index contributed by atoms with van der Waals surface area (Å²) >= 11 is 17.4. The number of halogens is 2. The normalized spacial score (nSPS) is 15.2. The molecular weight excluding hydrogens is 477 g/mol. The van der Waals surface area contributed by atoms with Gasteiger partial charge in [-0.15, -0.1) is 0 Å². The van der Waals surface area contributed by atoms with Crippen LogP contribution in [0.1, 0.15) is 5.76 Å². The monoisotopic (exact) mass is 487 g/mol. The quantitative estimate of drug-likeness (QED) is 0.182. The number of nitrogens with zero attached hydrogens (tertiary/aromatic N) is 2. The maximum absolute atomic E-state index is 13.1. The number of amides is 2. The van der Waals surface area contributed by atoms with E-state index in [0.717, 1.165) is 4.90 Å². The molecule has 2 aromatic carbocycles. The molecule has 11 heteroatoms. The predicted octanol–water partition coefficient (Wildman–Crippen LogP) is 4.99. The molecule has 0 bridgehead atoms. The molecule has 1 aliphatic rings. The second-order valence-corrected chi connectivity index (χ2v) is 7.71. The lowest BCUT2D eigenvalue weighted by Crippen LogP contribution is -2.54. The minimum atomic E-state index is -0.698. The third-order valence-corrected chi connectivity index (χ3v) is 5.64. The Morgan fingerprint density at radius 2 is 1.78 bits per heavy atom. The van der Waals surface area contributed by atoms with Crippen LogP contribution in [-0.4, -0.2) is 21.9 Å². The summed E-state index contributed by atoms with van der Waals surface area (Å²) in [5.74, 6) is -0.763. The van der Waals surface area contributed by atoms with E-state index in [1.165, 1.54) is 30.3 Å². The second-order valence-electron chi connectivity index (χ2n) is 6.54.